The largest absolute Gasteiger partial charge is 0.492 e. The Morgan fingerprint density at radius 1 is 1.04 bits per heavy atom. The molecule has 4 heterocycles. The van der Waals surface area contributed by atoms with Crippen LogP contribution in [0.2, 0.25) is 0 Å². The first-order valence-electron chi connectivity index (χ1n) is 9.41. The minimum Gasteiger partial charge on any atom is -0.492 e. The number of fused-ring (bicyclic) bond motifs is 1. The van der Waals surface area contributed by atoms with Crippen molar-refractivity contribution in [1.29, 1.82) is 0 Å². The zero-order valence-corrected chi connectivity index (χ0v) is 15.5. The molecule has 0 N–H and O–H groups in total. The molecule has 1 saturated heterocycles. The predicted octanol–water partition coefficient (Wildman–Crippen LogP) is 3.14. The molecule has 2 aliphatic rings. The molecule has 0 amide bonds. The van der Waals surface area contributed by atoms with Crippen LogP contribution in [0.3, 0.4) is 0 Å². The van der Waals surface area contributed by atoms with Crippen molar-refractivity contribution in [1.82, 2.24) is 19.9 Å². The normalized spacial score (nSPS) is 22.8. The number of rotatable bonds is 5. The molecule has 0 radical (unpaired) electrons. The summed E-state index contributed by atoms with van der Waals surface area (Å²) in [6.45, 7) is 4.65. The van der Waals surface area contributed by atoms with Crippen LogP contribution >= 0.6 is 0 Å². The monoisotopic (exact) mass is 377 g/mol. The van der Waals surface area contributed by atoms with Crippen molar-refractivity contribution in [3.8, 4) is 17.0 Å². The molecular formula is C21H20FN5O. The van der Waals surface area contributed by atoms with Gasteiger partial charge < -0.3 is 9.64 Å². The molecule has 0 aromatic carbocycles. The van der Waals surface area contributed by atoms with Crippen LogP contribution in [0.1, 0.15) is 5.56 Å². The highest BCUT2D eigenvalue weighted by Crippen LogP contribution is 2.52. The molecule has 6 nitrogen and oxygen atoms in total. The lowest BCUT2D eigenvalue weighted by atomic mass is 10.2. The number of aromatic nitrogens is 4. The number of hydrogen-bond donors (Lipinski definition) is 0. The van der Waals surface area contributed by atoms with Crippen molar-refractivity contribution in [2.24, 2.45) is 17.8 Å². The Kier molecular flexibility index (Phi) is 4.15. The molecule has 28 heavy (non-hydrogen) atoms. The Hall–Kier alpha value is -3.09. The average molecular weight is 377 g/mol. The topological polar surface area (TPSA) is 64.0 Å². The number of nitrogens with zero attached hydrogens (tertiary/aromatic N) is 5. The van der Waals surface area contributed by atoms with E-state index < -0.39 is 0 Å². The fourth-order valence-corrected chi connectivity index (χ4v) is 4.01. The van der Waals surface area contributed by atoms with E-state index in [1.54, 1.807) is 24.5 Å². The van der Waals surface area contributed by atoms with Gasteiger partial charge in [0.2, 0.25) is 5.95 Å². The van der Waals surface area contributed by atoms with Gasteiger partial charge in [-0.15, -0.1) is 0 Å². The van der Waals surface area contributed by atoms with E-state index in [-0.39, 0.29) is 5.82 Å². The third kappa shape index (κ3) is 3.17. The van der Waals surface area contributed by atoms with E-state index in [1.165, 1.54) is 6.20 Å². The molecule has 142 valence electrons. The van der Waals surface area contributed by atoms with Crippen molar-refractivity contribution >= 4 is 5.95 Å². The second-order valence-electron chi connectivity index (χ2n) is 7.50. The van der Waals surface area contributed by atoms with Crippen LogP contribution in [-0.4, -0.2) is 39.6 Å². The van der Waals surface area contributed by atoms with Gasteiger partial charge in [0.05, 0.1) is 24.7 Å². The standard InChI is InChI=1S/C21H20FN5O/c1-13-6-25-21(26-7-13)27-10-16-17(11-27)18(16)12-28-14-2-3-20(24-8-14)15-4-5-23-9-19(15)22/h2-9,16-18H,10-12H2,1H3/t16-,17+,18?. The number of piperidine rings is 1. The van der Waals surface area contributed by atoms with Crippen LogP contribution in [0.4, 0.5) is 10.3 Å². The lowest BCUT2D eigenvalue weighted by molar-refractivity contribution is 0.282. The molecular weight excluding hydrogens is 357 g/mol. The van der Waals surface area contributed by atoms with Crippen molar-refractivity contribution < 1.29 is 9.13 Å². The summed E-state index contributed by atoms with van der Waals surface area (Å²) in [4.78, 5) is 19.2. The third-order valence-electron chi connectivity index (χ3n) is 5.65. The number of halogens is 1. The van der Waals surface area contributed by atoms with Gasteiger partial charge in [0.15, 0.2) is 5.82 Å². The summed E-state index contributed by atoms with van der Waals surface area (Å²) >= 11 is 0. The smallest absolute Gasteiger partial charge is 0.225 e. The molecule has 5 rings (SSSR count). The number of ether oxygens (including phenoxy) is 1. The summed E-state index contributed by atoms with van der Waals surface area (Å²) in [7, 11) is 0. The van der Waals surface area contributed by atoms with Crippen molar-refractivity contribution in [3.05, 3.63) is 60.6 Å². The van der Waals surface area contributed by atoms with E-state index in [4.69, 9.17) is 4.74 Å². The quantitative estimate of drug-likeness (QED) is 0.681. The molecule has 1 aliphatic carbocycles. The van der Waals surface area contributed by atoms with Crippen LogP contribution in [0.15, 0.2) is 49.2 Å². The molecule has 3 atom stereocenters. The zero-order chi connectivity index (χ0) is 19.1. The van der Waals surface area contributed by atoms with Crippen molar-refractivity contribution in [2.75, 3.05) is 24.6 Å². The van der Waals surface area contributed by atoms with Gasteiger partial charge in [-0.2, -0.15) is 0 Å². The molecule has 1 saturated carbocycles. The number of anilines is 1. The van der Waals surface area contributed by atoms with Gasteiger partial charge in [-0.25, -0.2) is 14.4 Å². The molecule has 1 aliphatic heterocycles. The minimum atomic E-state index is -0.378. The van der Waals surface area contributed by atoms with Gasteiger partial charge in [-0.05, 0) is 42.5 Å². The maximum absolute atomic E-state index is 13.8. The summed E-state index contributed by atoms with van der Waals surface area (Å²) in [5.41, 5.74) is 2.09. The first-order chi connectivity index (χ1) is 13.7. The number of aryl methyl sites for hydroxylation is 1. The van der Waals surface area contributed by atoms with Crippen LogP contribution in [-0.2, 0) is 0 Å². The maximum Gasteiger partial charge on any atom is 0.225 e. The Bertz CT molecular complexity index is 967. The van der Waals surface area contributed by atoms with Crippen LogP contribution < -0.4 is 9.64 Å². The van der Waals surface area contributed by atoms with Crippen molar-refractivity contribution in [2.45, 2.75) is 6.92 Å². The van der Waals surface area contributed by atoms with Gasteiger partial charge in [-0.3, -0.25) is 9.97 Å². The van der Waals surface area contributed by atoms with E-state index in [0.717, 1.165) is 24.6 Å². The summed E-state index contributed by atoms with van der Waals surface area (Å²) in [6, 6.07) is 5.23. The highest BCUT2D eigenvalue weighted by molar-refractivity contribution is 5.59. The predicted molar refractivity (Wildman–Crippen MR) is 102 cm³/mol. The maximum atomic E-state index is 13.8. The number of pyridine rings is 2. The Morgan fingerprint density at radius 2 is 1.82 bits per heavy atom. The van der Waals surface area contributed by atoms with Crippen LogP contribution in [0, 0.1) is 30.5 Å². The Morgan fingerprint density at radius 3 is 2.50 bits per heavy atom. The van der Waals surface area contributed by atoms with Crippen molar-refractivity contribution in [3.63, 3.8) is 0 Å². The molecule has 2 fully saturated rings. The third-order valence-corrected chi connectivity index (χ3v) is 5.65. The summed E-state index contributed by atoms with van der Waals surface area (Å²) < 4.78 is 19.7. The zero-order valence-electron chi connectivity index (χ0n) is 15.5. The van der Waals surface area contributed by atoms with Gasteiger partial charge in [0.25, 0.3) is 0 Å². The van der Waals surface area contributed by atoms with Gasteiger partial charge in [0.1, 0.15) is 5.75 Å². The SMILES string of the molecule is Cc1cnc(N2C[C@@H]3C(COc4ccc(-c5ccncc5F)nc4)[C@@H]3C2)nc1. The van der Waals surface area contributed by atoms with E-state index in [1.807, 2.05) is 25.4 Å². The van der Waals surface area contributed by atoms with E-state index in [0.29, 0.717) is 41.4 Å². The highest BCUT2D eigenvalue weighted by atomic mass is 19.1. The molecule has 3 aromatic heterocycles. The van der Waals surface area contributed by atoms with Gasteiger partial charge in [-0.1, -0.05) is 0 Å². The van der Waals surface area contributed by atoms with Crippen LogP contribution in [0.25, 0.3) is 11.3 Å². The lowest BCUT2D eigenvalue weighted by Gasteiger charge is -2.19. The van der Waals surface area contributed by atoms with E-state index >= 15 is 0 Å². The fraction of sp³-hybridized carbons (Fsp3) is 0.333. The second kappa shape index (κ2) is 6.82. The van der Waals surface area contributed by atoms with Crippen LogP contribution in [0.5, 0.6) is 5.75 Å². The Labute approximate surface area is 162 Å². The fourth-order valence-electron chi connectivity index (χ4n) is 4.01. The number of hydrogen-bond acceptors (Lipinski definition) is 6. The van der Waals surface area contributed by atoms with E-state index in [2.05, 4.69) is 24.8 Å². The first-order valence-corrected chi connectivity index (χ1v) is 9.41. The highest BCUT2D eigenvalue weighted by Gasteiger charge is 2.56. The molecule has 7 heteroatoms. The first kappa shape index (κ1) is 17.0. The lowest BCUT2D eigenvalue weighted by Crippen LogP contribution is -2.27. The summed E-state index contributed by atoms with van der Waals surface area (Å²) in [5.74, 6) is 3.00. The molecule has 3 aromatic rings. The average Bonchev–Trinajstić information content (AvgIpc) is 3.16. The Balaban J connectivity index is 1.15. The minimum absolute atomic E-state index is 0.378. The summed E-state index contributed by atoms with van der Waals surface area (Å²) in [6.07, 6.45) is 8.13. The summed E-state index contributed by atoms with van der Waals surface area (Å²) in [5, 5.41) is 0. The van der Waals surface area contributed by atoms with E-state index in [9.17, 15) is 4.39 Å². The van der Waals surface area contributed by atoms with Gasteiger partial charge >= 0.3 is 0 Å². The molecule has 0 bridgehead atoms. The second-order valence-corrected chi connectivity index (χ2v) is 7.50. The molecule has 0 spiro atoms. The van der Waals surface area contributed by atoms with Gasteiger partial charge in [0, 0.05) is 43.2 Å². The molecule has 1 unspecified atom stereocenters.